The van der Waals surface area contributed by atoms with E-state index in [9.17, 15) is 0 Å². The smallest absolute Gasteiger partial charge is 0.106 e. The lowest BCUT2D eigenvalue weighted by Crippen LogP contribution is -1.98. The van der Waals surface area contributed by atoms with E-state index in [1.54, 1.807) is 14.0 Å². The minimum absolute atomic E-state index is 0.669. The third-order valence-electron chi connectivity index (χ3n) is 0.488. The van der Waals surface area contributed by atoms with Crippen LogP contribution in [0.4, 0.5) is 0 Å². The molecule has 0 radical (unpaired) electrons. The zero-order valence-corrected chi connectivity index (χ0v) is 4.52. The van der Waals surface area contributed by atoms with Gasteiger partial charge in [-0.3, -0.25) is 0 Å². The zero-order valence-electron chi connectivity index (χ0n) is 4.52. The quantitative estimate of drug-likeness (QED) is 0.282. The predicted octanol–water partition coefficient (Wildman–Crippen LogP) is 0.215. The van der Waals surface area contributed by atoms with Crippen LogP contribution in [0.1, 0.15) is 6.92 Å². The van der Waals surface area contributed by atoms with E-state index in [0.29, 0.717) is 5.71 Å². The van der Waals surface area contributed by atoms with Gasteiger partial charge in [-0.05, 0) is 6.92 Å². The number of rotatable bonds is 1. The van der Waals surface area contributed by atoms with Gasteiger partial charge in [0.2, 0.25) is 0 Å². The maximum Gasteiger partial charge on any atom is 0.106 e. The Hall–Kier alpha value is -0.970. The lowest BCUT2D eigenvalue weighted by atomic mass is 10.5. The van der Waals surface area contributed by atoms with Crippen molar-refractivity contribution in [3.63, 3.8) is 0 Å². The van der Waals surface area contributed by atoms with Gasteiger partial charge in [0.1, 0.15) is 5.71 Å². The van der Waals surface area contributed by atoms with Crippen molar-refractivity contribution < 1.29 is 0 Å². The van der Waals surface area contributed by atoms with Crippen LogP contribution in [0.3, 0.4) is 0 Å². The summed E-state index contributed by atoms with van der Waals surface area (Å²) in [6, 6.07) is 0. The fraction of sp³-hybridized carbons (Fsp3) is 0.400. The minimum atomic E-state index is 0.669. The van der Waals surface area contributed by atoms with E-state index in [1.165, 1.54) is 0 Å². The Bertz CT molecular complexity index is 108. The number of hydrazone groups is 1. The molecule has 0 saturated heterocycles. The van der Waals surface area contributed by atoms with Crippen molar-refractivity contribution in [3.8, 4) is 12.3 Å². The molecule has 0 aromatic rings. The summed E-state index contributed by atoms with van der Waals surface area (Å²) in [5.41, 5.74) is 3.23. The Balaban J connectivity index is 3.57. The summed E-state index contributed by atoms with van der Waals surface area (Å²) >= 11 is 0. The summed E-state index contributed by atoms with van der Waals surface area (Å²) in [6.45, 7) is 1.76. The molecule has 0 spiro atoms. The highest BCUT2D eigenvalue weighted by atomic mass is 15.3. The SMILES string of the molecule is C#C/C(C)=N/NC. The van der Waals surface area contributed by atoms with Crippen LogP contribution in [0.2, 0.25) is 0 Å². The van der Waals surface area contributed by atoms with E-state index in [2.05, 4.69) is 16.4 Å². The van der Waals surface area contributed by atoms with Crippen LogP contribution in [-0.2, 0) is 0 Å². The van der Waals surface area contributed by atoms with Gasteiger partial charge in [-0.1, -0.05) is 5.92 Å². The molecule has 0 aliphatic carbocycles. The monoisotopic (exact) mass is 96.1 g/mol. The second kappa shape index (κ2) is 3.23. The van der Waals surface area contributed by atoms with Crippen molar-refractivity contribution in [3.05, 3.63) is 0 Å². The maximum absolute atomic E-state index is 4.94. The first kappa shape index (κ1) is 6.03. The highest BCUT2D eigenvalue weighted by Gasteiger charge is 1.73. The van der Waals surface area contributed by atoms with Crippen molar-refractivity contribution >= 4 is 5.71 Å². The van der Waals surface area contributed by atoms with E-state index >= 15 is 0 Å². The molecule has 0 heterocycles. The van der Waals surface area contributed by atoms with Gasteiger partial charge in [-0.25, -0.2) is 0 Å². The highest BCUT2D eigenvalue weighted by Crippen LogP contribution is 1.64. The molecule has 0 amide bonds. The summed E-state index contributed by atoms with van der Waals surface area (Å²) in [5, 5.41) is 3.67. The van der Waals surface area contributed by atoms with Gasteiger partial charge < -0.3 is 5.43 Å². The molecule has 1 N–H and O–H groups in total. The van der Waals surface area contributed by atoms with E-state index in [-0.39, 0.29) is 0 Å². The highest BCUT2D eigenvalue weighted by molar-refractivity contribution is 5.97. The van der Waals surface area contributed by atoms with Crippen LogP contribution in [0, 0.1) is 12.3 Å². The second-order valence-corrected chi connectivity index (χ2v) is 1.07. The number of hydrogen-bond acceptors (Lipinski definition) is 2. The Kier molecular flexibility index (Phi) is 2.78. The molecule has 0 atom stereocenters. The summed E-state index contributed by atoms with van der Waals surface area (Å²) in [7, 11) is 1.71. The Morgan fingerprint density at radius 3 is 2.57 bits per heavy atom. The van der Waals surface area contributed by atoms with Crippen LogP contribution in [0.25, 0.3) is 0 Å². The fourth-order valence-corrected chi connectivity index (χ4v) is 0.200. The molecule has 2 heteroatoms. The summed E-state index contributed by atoms with van der Waals surface area (Å²) < 4.78 is 0. The lowest BCUT2D eigenvalue weighted by Gasteiger charge is -1.84. The average Bonchev–Trinajstić information content (AvgIpc) is 1.68. The summed E-state index contributed by atoms with van der Waals surface area (Å²) in [4.78, 5) is 0. The normalized spacial score (nSPS) is 10.1. The van der Waals surface area contributed by atoms with Crippen LogP contribution in [0.5, 0.6) is 0 Å². The van der Waals surface area contributed by atoms with Crippen LogP contribution in [0.15, 0.2) is 5.10 Å². The first-order chi connectivity index (χ1) is 3.31. The van der Waals surface area contributed by atoms with E-state index in [4.69, 9.17) is 6.42 Å². The fourth-order valence-electron chi connectivity index (χ4n) is 0.200. The first-order valence-corrected chi connectivity index (χ1v) is 1.99. The molecule has 0 bridgehead atoms. The number of nitrogens with one attached hydrogen (secondary N) is 1. The van der Waals surface area contributed by atoms with Crippen LogP contribution in [-0.4, -0.2) is 12.8 Å². The molecule has 0 aromatic heterocycles. The van der Waals surface area contributed by atoms with Crippen molar-refractivity contribution in [2.24, 2.45) is 5.10 Å². The number of terminal acetylenes is 1. The molecule has 0 aliphatic rings. The molecular formula is C5H8N2. The van der Waals surface area contributed by atoms with Crippen molar-refractivity contribution in [1.82, 2.24) is 5.43 Å². The molecule has 0 saturated carbocycles. The molecular weight excluding hydrogens is 88.1 g/mol. The van der Waals surface area contributed by atoms with Gasteiger partial charge in [0.25, 0.3) is 0 Å². The van der Waals surface area contributed by atoms with Gasteiger partial charge in [0.05, 0.1) is 0 Å². The second-order valence-electron chi connectivity index (χ2n) is 1.07. The topological polar surface area (TPSA) is 24.4 Å². The third-order valence-corrected chi connectivity index (χ3v) is 0.488. The molecule has 0 fully saturated rings. The molecule has 7 heavy (non-hydrogen) atoms. The molecule has 0 unspecified atom stereocenters. The van der Waals surface area contributed by atoms with Gasteiger partial charge in [-0.2, -0.15) is 5.10 Å². The summed E-state index contributed by atoms with van der Waals surface area (Å²) in [6.07, 6.45) is 4.94. The molecule has 0 aliphatic heterocycles. The predicted molar refractivity (Wildman–Crippen MR) is 31.0 cm³/mol. The molecule has 0 aromatic carbocycles. The molecule has 38 valence electrons. The zero-order chi connectivity index (χ0) is 5.70. The van der Waals surface area contributed by atoms with Crippen LogP contribution < -0.4 is 5.43 Å². The van der Waals surface area contributed by atoms with Gasteiger partial charge in [-0.15, -0.1) is 6.42 Å². The number of hydrogen-bond donors (Lipinski definition) is 1. The largest absolute Gasteiger partial charge is 0.312 e. The minimum Gasteiger partial charge on any atom is -0.312 e. The summed E-state index contributed by atoms with van der Waals surface area (Å²) in [5.74, 6) is 2.35. The van der Waals surface area contributed by atoms with E-state index < -0.39 is 0 Å². The first-order valence-electron chi connectivity index (χ1n) is 1.99. The van der Waals surface area contributed by atoms with Crippen LogP contribution >= 0.6 is 0 Å². The average molecular weight is 96.1 g/mol. The number of nitrogens with zero attached hydrogens (tertiary/aromatic N) is 1. The maximum atomic E-state index is 4.94. The Labute approximate surface area is 43.6 Å². The van der Waals surface area contributed by atoms with Crippen molar-refractivity contribution in [2.45, 2.75) is 6.92 Å². The molecule has 2 nitrogen and oxygen atoms in total. The molecule has 0 rings (SSSR count). The third kappa shape index (κ3) is 2.84. The van der Waals surface area contributed by atoms with Gasteiger partial charge in [0, 0.05) is 7.05 Å². The standard InChI is InChI=1S/C5H8N2/c1-4-5(2)7-6-3/h1,6H,2-3H3/b7-5+. The lowest BCUT2D eigenvalue weighted by molar-refractivity contribution is 0.902. The van der Waals surface area contributed by atoms with Crippen molar-refractivity contribution in [1.29, 1.82) is 0 Å². The Morgan fingerprint density at radius 1 is 1.86 bits per heavy atom. The van der Waals surface area contributed by atoms with Gasteiger partial charge >= 0.3 is 0 Å². The van der Waals surface area contributed by atoms with Crippen molar-refractivity contribution in [2.75, 3.05) is 7.05 Å². The van der Waals surface area contributed by atoms with E-state index in [1.807, 2.05) is 0 Å². The Morgan fingerprint density at radius 2 is 2.43 bits per heavy atom. The van der Waals surface area contributed by atoms with Gasteiger partial charge in [0.15, 0.2) is 0 Å². The van der Waals surface area contributed by atoms with E-state index in [0.717, 1.165) is 0 Å².